The van der Waals surface area contributed by atoms with Gasteiger partial charge < -0.3 is 20.3 Å². The third kappa shape index (κ3) is 5.83. The fraction of sp³-hybridized carbons (Fsp3) is 0.818. The van der Waals surface area contributed by atoms with Crippen LogP contribution in [0.4, 0.5) is 4.79 Å². The van der Waals surface area contributed by atoms with E-state index in [4.69, 9.17) is 4.74 Å². The van der Waals surface area contributed by atoms with Crippen LogP contribution in [0.15, 0.2) is 0 Å². The zero-order valence-corrected chi connectivity index (χ0v) is 11.1. The molecule has 18 heavy (non-hydrogen) atoms. The van der Waals surface area contributed by atoms with E-state index in [0.717, 1.165) is 32.8 Å². The third-order valence-corrected chi connectivity index (χ3v) is 2.66. The monoisotopic (exact) mass is 258 g/mol. The molecule has 3 amide bonds. The number of amides is 3. The van der Waals surface area contributed by atoms with Crippen LogP contribution >= 0.6 is 0 Å². The van der Waals surface area contributed by atoms with Gasteiger partial charge in [0, 0.05) is 40.3 Å². The minimum atomic E-state index is -0.265. The highest BCUT2D eigenvalue weighted by atomic mass is 16.5. The standard InChI is InChI=1S/C11H22N4O3/c1-14(2)11(17)13-9-10(16)12-3-4-15-5-7-18-8-6-15/h3-9H2,1-2H3,(H,12,16)(H,13,17). The number of rotatable bonds is 5. The van der Waals surface area contributed by atoms with E-state index in [0.29, 0.717) is 6.54 Å². The molecule has 0 aliphatic carbocycles. The maximum Gasteiger partial charge on any atom is 0.317 e. The van der Waals surface area contributed by atoms with Crippen LogP contribution in [0.3, 0.4) is 0 Å². The average molecular weight is 258 g/mol. The summed E-state index contributed by atoms with van der Waals surface area (Å²) in [4.78, 5) is 26.2. The van der Waals surface area contributed by atoms with Gasteiger partial charge in [0.2, 0.25) is 5.91 Å². The molecule has 0 aromatic heterocycles. The minimum Gasteiger partial charge on any atom is -0.379 e. The highest BCUT2D eigenvalue weighted by molar-refractivity contribution is 5.83. The highest BCUT2D eigenvalue weighted by Crippen LogP contribution is 1.94. The molecule has 1 aliphatic heterocycles. The Morgan fingerprint density at radius 3 is 2.50 bits per heavy atom. The summed E-state index contributed by atoms with van der Waals surface area (Å²) in [6.07, 6.45) is 0. The quantitative estimate of drug-likeness (QED) is 0.643. The molecule has 0 aromatic rings. The molecule has 2 N–H and O–H groups in total. The molecule has 0 saturated carbocycles. The number of carbonyl (C=O) groups excluding carboxylic acids is 2. The molecule has 0 radical (unpaired) electrons. The zero-order valence-electron chi connectivity index (χ0n) is 11.1. The van der Waals surface area contributed by atoms with E-state index < -0.39 is 0 Å². The molecule has 1 fully saturated rings. The van der Waals surface area contributed by atoms with E-state index in [1.54, 1.807) is 14.1 Å². The first-order valence-corrected chi connectivity index (χ1v) is 6.11. The lowest BCUT2D eigenvalue weighted by Crippen LogP contribution is -2.44. The molecule has 0 aromatic carbocycles. The van der Waals surface area contributed by atoms with Crippen molar-refractivity contribution in [3.63, 3.8) is 0 Å². The van der Waals surface area contributed by atoms with Crippen LogP contribution < -0.4 is 10.6 Å². The Labute approximate surface area is 107 Å². The van der Waals surface area contributed by atoms with Crippen LogP contribution in [0.2, 0.25) is 0 Å². The van der Waals surface area contributed by atoms with Gasteiger partial charge in [0.05, 0.1) is 19.8 Å². The van der Waals surface area contributed by atoms with Crippen molar-refractivity contribution in [3.05, 3.63) is 0 Å². The van der Waals surface area contributed by atoms with Gasteiger partial charge in [0.25, 0.3) is 0 Å². The van der Waals surface area contributed by atoms with E-state index >= 15 is 0 Å². The number of nitrogens with zero attached hydrogens (tertiary/aromatic N) is 2. The summed E-state index contributed by atoms with van der Waals surface area (Å²) < 4.78 is 5.23. The van der Waals surface area contributed by atoms with Gasteiger partial charge in [-0.2, -0.15) is 0 Å². The molecule has 7 heteroatoms. The van der Waals surface area contributed by atoms with Crippen LogP contribution in [0.25, 0.3) is 0 Å². The fourth-order valence-corrected chi connectivity index (χ4v) is 1.55. The SMILES string of the molecule is CN(C)C(=O)NCC(=O)NCCN1CCOCC1. The molecule has 0 spiro atoms. The molecular weight excluding hydrogens is 236 g/mol. The van der Waals surface area contributed by atoms with E-state index in [2.05, 4.69) is 15.5 Å². The second-order valence-corrected chi connectivity index (χ2v) is 4.36. The number of urea groups is 1. The summed E-state index contributed by atoms with van der Waals surface area (Å²) in [5, 5.41) is 5.28. The second kappa shape index (κ2) is 7.88. The summed E-state index contributed by atoms with van der Waals surface area (Å²) in [5.41, 5.74) is 0. The Morgan fingerprint density at radius 2 is 1.89 bits per heavy atom. The first-order chi connectivity index (χ1) is 8.59. The van der Waals surface area contributed by atoms with Crippen molar-refractivity contribution in [2.75, 3.05) is 60.0 Å². The summed E-state index contributed by atoms with van der Waals surface area (Å²) in [6.45, 7) is 4.76. The first-order valence-electron chi connectivity index (χ1n) is 6.11. The maximum atomic E-state index is 11.4. The van der Waals surface area contributed by atoms with Gasteiger partial charge in [-0.1, -0.05) is 0 Å². The summed E-state index contributed by atoms with van der Waals surface area (Å²) in [5.74, 6) is -0.168. The van der Waals surface area contributed by atoms with E-state index in [1.807, 2.05) is 0 Å². The topological polar surface area (TPSA) is 73.9 Å². The van der Waals surface area contributed by atoms with Crippen LogP contribution in [0, 0.1) is 0 Å². The van der Waals surface area contributed by atoms with Crippen molar-refractivity contribution in [3.8, 4) is 0 Å². The Bertz CT molecular complexity index is 277. The lowest BCUT2D eigenvalue weighted by atomic mass is 10.4. The van der Waals surface area contributed by atoms with Crippen LogP contribution in [0.5, 0.6) is 0 Å². The van der Waals surface area contributed by atoms with Gasteiger partial charge in [-0.05, 0) is 0 Å². The molecule has 1 heterocycles. The molecule has 0 atom stereocenters. The number of ether oxygens (including phenoxy) is 1. The fourth-order valence-electron chi connectivity index (χ4n) is 1.55. The van der Waals surface area contributed by atoms with Gasteiger partial charge in [-0.25, -0.2) is 4.79 Å². The Balaban J connectivity index is 2.04. The van der Waals surface area contributed by atoms with E-state index in [-0.39, 0.29) is 18.5 Å². The smallest absolute Gasteiger partial charge is 0.317 e. The van der Waals surface area contributed by atoms with Crippen molar-refractivity contribution in [2.45, 2.75) is 0 Å². The molecule has 7 nitrogen and oxygen atoms in total. The maximum absolute atomic E-state index is 11.4. The van der Waals surface area contributed by atoms with E-state index in [9.17, 15) is 9.59 Å². The second-order valence-electron chi connectivity index (χ2n) is 4.36. The molecule has 1 saturated heterocycles. The van der Waals surface area contributed by atoms with Crippen LogP contribution in [0.1, 0.15) is 0 Å². The average Bonchev–Trinajstić information content (AvgIpc) is 2.37. The molecular formula is C11H22N4O3. The predicted octanol–water partition coefficient (Wildman–Crippen LogP) is -1.29. The zero-order chi connectivity index (χ0) is 13.4. The largest absolute Gasteiger partial charge is 0.379 e. The number of hydrogen-bond donors (Lipinski definition) is 2. The van der Waals surface area contributed by atoms with Gasteiger partial charge in [-0.15, -0.1) is 0 Å². The first kappa shape index (κ1) is 14.7. The molecule has 0 unspecified atom stereocenters. The van der Waals surface area contributed by atoms with Crippen molar-refractivity contribution in [1.82, 2.24) is 20.4 Å². The summed E-state index contributed by atoms with van der Waals surface area (Å²) in [6, 6.07) is -0.265. The number of carbonyl (C=O) groups is 2. The van der Waals surface area contributed by atoms with Crippen molar-refractivity contribution >= 4 is 11.9 Å². The predicted molar refractivity (Wildman–Crippen MR) is 67.4 cm³/mol. The van der Waals surface area contributed by atoms with Gasteiger partial charge in [0.1, 0.15) is 0 Å². The number of morpholine rings is 1. The lowest BCUT2D eigenvalue weighted by Gasteiger charge is -2.26. The molecule has 0 bridgehead atoms. The summed E-state index contributed by atoms with van der Waals surface area (Å²) in [7, 11) is 3.26. The number of hydrogen-bond acceptors (Lipinski definition) is 4. The van der Waals surface area contributed by atoms with Gasteiger partial charge in [-0.3, -0.25) is 9.69 Å². The molecule has 1 rings (SSSR count). The third-order valence-electron chi connectivity index (χ3n) is 2.66. The van der Waals surface area contributed by atoms with Crippen molar-refractivity contribution in [1.29, 1.82) is 0 Å². The normalized spacial score (nSPS) is 16.1. The van der Waals surface area contributed by atoms with E-state index in [1.165, 1.54) is 4.90 Å². The Hall–Kier alpha value is -1.34. The Morgan fingerprint density at radius 1 is 1.22 bits per heavy atom. The van der Waals surface area contributed by atoms with Crippen molar-refractivity contribution in [2.24, 2.45) is 0 Å². The van der Waals surface area contributed by atoms with Gasteiger partial charge in [0.15, 0.2) is 0 Å². The molecule has 1 aliphatic rings. The van der Waals surface area contributed by atoms with Crippen LogP contribution in [-0.2, 0) is 9.53 Å². The lowest BCUT2D eigenvalue weighted by molar-refractivity contribution is -0.120. The Kier molecular flexibility index (Phi) is 6.45. The highest BCUT2D eigenvalue weighted by Gasteiger charge is 2.10. The van der Waals surface area contributed by atoms with Crippen LogP contribution in [-0.4, -0.2) is 81.8 Å². The van der Waals surface area contributed by atoms with Crippen molar-refractivity contribution < 1.29 is 14.3 Å². The summed E-state index contributed by atoms with van der Waals surface area (Å²) >= 11 is 0. The molecule has 104 valence electrons. The number of nitrogens with one attached hydrogen (secondary N) is 2. The van der Waals surface area contributed by atoms with Gasteiger partial charge >= 0.3 is 6.03 Å². The minimum absolute atomic E-state index is 0.0140.